The quantitative estimate of drug-likeness (QED) is 0.391. The van der Waals surface area contributed by atoms with E-state index in [0.717, 1.165) is 25.9 Å². The first kappa shape index (κ1) is 23.1. The molecule has 4 N–H and O–H groups in total. The first-order valence-corrected chi connectivity index (χ1v) is 11.0. The van der Waals surface area contributed by atoms with Crippen molar-refractivity contribution in [3.8, 4) is 5.75 Å². The molecule has 0 unspecified atom stereocenters. The molecule has 9 nitrogen and oxygen atoms in total. The van der Waals surface area contributed by atoms with Crippen LogP contribution < -0.4 is 26.2 Å². The van der Waals surface area contributed by atoms with Crippen LogP contribution in [0.2, 0.25) is 5.02 Å². The highest BCUT2D eigenvalue weighted by Crippen LogP contribution is 2.21. The first-order chi connectivity index (χ1) is 16.0. The summed E-state index contributed by atoms with van der Waals surface area (Å²) in [4.78, 5) is 36.2. The lowest BCUT2D eigenvalue weighted by atomic mass is 10.1. The second-order valence-corrected chi connectivity index (χ2v) is 8.15. The number of carbonyl (C=O) groups is 1. The number of pyridine rings is 1. The van der Waals surface area contributed by atoms with Crippen molar-refractivity contribution >= 4 is 28.4 Å². The summed E-state index contributed by atoms with van der Waals surface area (Å²) < 4.78 is 18.9. The zero-order valence-corrected chi connectivity index (χ0v) is 18.5. The summed E-state index contributed by atoms with van der Waals surface area (Å²) in [6.45, 7) is 2.09. The van der Waals surface area contributed by atoms with Gasteiger partial charge in [0.15, 0.2) is 0 Å². The molecule has 1 atom stereocenters. The number of hydrogen-bond donors (Lipinski definition) is 4. The number of carbonyl (C=O) groups excluding carboxylic acids is 1. The molecule has 1 amide bonds. The number of amides is 1. The van der Waals surface area contributed by atoms with Crippen LogP contribution in [0.25, 0.3) is 10.9 Å². The van der Waals surface area contributed by atoms with E-state index in [1.807, 2.05) is 0 Å². The molecule has 11 heteroatoms. The Balaban J connectivity index is 1.41. The summed E-state index contributed by atoms with van der Waals surface area (Å²) >= 11 is 5.77. The lowest BCUT2D eigenvalue weighted by Gasteiger charge is -2.23. The number of hydrogen-bond acceptors (Lipinski definition) is 7. The monoisotopic (exact) mass is 474 g/mol. The van der Waals surface area contributed by atoms with E-state index in [4.69, 9.17) is 16.3 Å². The number of H-pyrrole nitrogens is 1. The molecule has 1 aromatic carbocycles. The van der Waals surface area contributed by atoms with Gasteiger partial charge >= 0.3 is 0 Å². The molecule has 2 aromatic heterocycles. The van der Waals surface area contributed by atoms with Gasteiger partial charge in [0, 0.05) is 31.4 Å². The van der Waals surface area contributed by atoms with Gasteiger partial charge in [-0.25, -0.2) is 9.37 Å². The van der Waals surface area contributed by atoms with Crippen LogP contribution in [0.1, 0.15) is 24.4 Å². The molecule has 0 bridgehead atoms. The van der Waals surface area contributed by atoms with Crippen molar-refractivity contribution in [3.63, 3.8) is 0 Å². The van der Waals surface area contributed by atoms with Crippen LogP contribution in [-0.2, 0) is 17.9 Å². The van der Waals surface area contributed by atoms with Crippen molar-refractivity contribution in [3.05, 3.63) is 63.2 Å². The third kappa shape index (κ3) is 6.04. The molecule has 0 radical (unpaired) electrons. The van der Waals surface area contributed by atoms with Crippen LogP contribution in [0.5, 0.6) is 5.75 Å². The number of benzene rings is 1. The van der Waals surface area contributed by atoms with Gasteiger partial charge in [-0.15, -0.1) is 0 Å². The van der Waals surface area contributed by atoms with E-state index in [0.29, 0.717) is 22.3 Å². The molecule has 0 saturated carbocycles. The van der Waals surface area contributed by atoms with Crippen molar-refractivity contribution in [2.45, 2.75) is 32.0 Å². The maximum atomic E-state index is 13.3. The average Bonchev–Trinajstić information content (AvgIpc) is 2.81. The summed E-state index contributed by atoms with van der Waals surface area (Å²) in [5.41, 5.74) is 0.625. The smallest absolute Gasteiger partial charge is 0.258 e. The van der Waals surface area contributed by atoms with Crippen LogP contribution in [0.3, 0.4) is 0 Å². The number of nitrogens with zero attached hydrogens (tertiary/aromatic N) is 2. The summed E-state index contributed by atoms with van der Waals surface area (Å²) in [6.07, 6.45) is 3.53. The van der Waals surface area contributed by atoms with Gasteiger partial charge in [-0.2, -0.15) is 0 Å². The first-order valence-electron chi connectivity index (χ1n) is 10.6. The molecule has 1 saturated heterocycles. The van der Waals surface area contributed by atoms with Gasteiger partial charge in [0.25, 0.3) is 5.56 Å². The number of aromatic amines is 1. The van der Waals surface area contributed by atoms with Gasteiger partial charge in [0.2, 0.25) is 5.91 Å². The van der Waals surface area contributed by atoms with Crippen LogP contribution >= 0.6 is 11.6 Å². The van der Waals surface area contributed by atoms with E-state index >= 15 is 0 Å². The standard InChI is InChI=1S/C22H24ClFN6O3/c23-16-8-14(3-4-17(16)24)33-12-19-29-21-15(22(32)30-19)5-7-27-18(21)10-26-11-20(31)28-13-2-1-6-25-9-13/h3-5,7-8,13,25-26H,1-2,6,9-12H2,(H,28,31)(H,29,30,32)/t13-/m1/s1. The predicted molar refractivity (Wildman–Crippen MR) is 122 cm³/mol. The minimum atomic E-state index is -0.548. The Kier molecular flexibility index (Phi) is 7.48. The Morgan fingerprint density at radius 3 is 3.00 bits per heavy atom. The van der Waals surface area contributed by atoms with Crippen molar-refractivity contribution in [1.82, 2.24) is 30.9 Å². The summed E-state index contributed by atoms with van der Waals surface area (Å²) in [5.74, 6) is -0.0171. The Morgan fingerprint density at radius 1 is 1.33 bits per heavy atom. The van der Waals surface area contributed by atoms with Crippen LogP contribution in [0.15, 0.2) is 35.3 Å². The zero-order chi connectivity index (χ0) is 23.2. The third-order valence-electron chi connectivity index (χ3n) is 5.26. The van der Waals surface area contributed by atoms with E-state index in [9.17, 15) is 14.0 Å². The highest BCUT2D eigenvalue weighted by atomic mass is 35.5. The van der Waals surface area contributed by atoms with Crippen LogP contribution in [0.4, 0.5) is 4.39 Å². The fourth-order valence-corrected chi connectivity index (χ4v) is 3.80. The number of halogens is 2. The molecule has 174 valence electrons. The van der Waals surface area contributed by atoms with Gasteiger partial charge in [-0.1, -0.05) is 11.6 Å². The Labute approximate surface area is 194 Å². The summed E-state index contributed by atoms with van der Waals surface area (Å²) in [5, 5.41) is 9.64. The van der Waals surface area contributed by atoms with Crippen molar-refractivity contribution in [2.24, 2.45) is 0 Å². The summed E-state index contributed by atoms with van der Waals surface area (Å²) in [7, 11) is 0. The van der Waals surface area contributed by atoms with E-state index in [-0.39, 0.29) is 48.1 Å². The molecular weight excluding hydrogens is 451 g/mol. The number of rotatable bonds is 8. The Bertz CT molecular complexity index is 1200. The van der Waals surface area contributed by atoms with E-state index < -0.39 is 5.82 Å². The highest BCUT2D eigenvalue weighted by molar-refractivity contribution is 6.30. The normalized spacial score (nSPS) is 16.0. The van der Waals surface area contributed by atoms with Crippen molar-refractivity contribution in [1.29, 1.82) is 0 Å². The minimum Gasteiger partial charge on any atom is -0.486 e. The topological polar surface area (TPSA) is 121 Å². The molecule has 0 spiro atoms. The second kappa shape index (κ2) is 10.7. The molecular formula is C22H24ClFN6O3. The fraction of sp³-hybridized carbons (Fsp3) is 0.364. The lowest BCUT2D eigenvalue weighted by molar-refractivity contribution is -0.121. The van der Waals surface area contributed by atoms with Gasteiger partial charge < -0.3 is 25.7 Å². The lowest BCUT2D eigenvalue weighted by Crippen LogP contribution is -2.47. The van der Waals surface area contributed by atoms with Gasteiger partial charge in [-0.05, 0) is 37.6 Å². The number of aromatic nitrogens is 3. The molecule has 1 aliphatic rings. The third-order valence-corrected chi connectivity index (χ3v) is 5.55. The fourth-order valence-electron chi connectivity index (χ4n) is 3.63. The zero-order valence-electron chi connectivity index (χ0n) is 17.8. The van der Waals surface area contributed by atoms with Crippen molar-refractivity contribution in [2.75, 3.05) is 19.6 Å². The predicted octanol–water partition coefficient (Wildman–Crippen LogP) is 1.65. The molecule has 3 heterocycles. The highest BCUT2D eigenvalue weighted by Gasteiger charge is 2.15. The largest absolute Gasteiger partial charge is 0.486 e. The molecule has 1 aliphatic heterocycles. The van der Waals surface area contributed by atoms with Gasteiger partial charge in [0.1, 0.15) is 29.5 Å². The average molecular weight is 475 g/mol. The van der Waals surface area contributed by atoms with Crippen molar-refractivity contribution < 1.29 is 13.9 Å². The van der Waals surface area contributed by atoms with E-state index in [1.165, 1.54) is 24.4 Å². The van der Waals surface area contributed by atoms with Crippen LogP contribution in [0, 0.1) is 5.82 Å². The summed E-state index contributed by atoms with van der Waals surface area (Å²) in [6, 6.07) is 5.70. The second-order valence-electron chi connectivity index (χ2n) is 7.75. The maximum absolute atomic E-state index is 13.3. The number of nitrogens with one attached hydrogen (secondary N) is 4. The SMILES string of the molecule is O=C(CNCc1nccc2c(=O)[nH]c(COc3ccc(F)c(Cl)c3)nc12)N[C@@H]1CCCNC1. The van der Waals surface area contributed by atoms with Gasteiger partial charge in [0.05, 0.1) is 22.6 Å². The molecule has 0 aliphatic carbocycles. The Morgan fingerprint density at radius 2 is 2.21 bits per heavy atom. The maximum Gasteiger partial charge on any atom is 0.258 e. The molecule has 4 rings (SSSR count). The molecule has 1 fully saturated rings. The number of fused-ring (bicyclic) bond motifs is 1. The molecule has 33 heavy (non-hydrogen) atoms. The van der Waals surface area contributed by atoms with E-state index in [2.05, 4.69) is 30.9 Å². The van der Waals surface area contributed by atoms with E-state index in [1.54, 1.807) is 6.07 Å². The minimum absolute atomic E-state index is 0.0489. The van der Waals surface area contributed by atoms with Gasteiger partial charge in [-0.3, -0.25) is 14.6 Å². The molecule has 3 aromatic rings. The number of piperidine rings is 1. The number of ether oxygens (including phenoxy) is 1. The Hall–Kier alpha value is -3.08. The van der Waals surface area contributed by atoms with Crippen LogP contribution in [-0.4, -0.2) is 46.5 Å².